The van der Waals surface area contributed by atoms with Crippen molar-refractivity contribution in [2.45, 2.75) is 52.0 Å². The maximum absolute atomic E-state index is 4.23. The number of nitrogens with zero attached hydrogens (tertiary/aromatic N) is 2. The van der Waals surface area contributed by atoms with Crippen molar-refractivity contribution in [3.8, 4) is 0 Å². The van der Waals surface area contributed by atoms with Gasteiger partial charge in [0.05, 0.1) is 11.4 Å². The van der Waals surface area contributed by atoms with Crippen LogP contribution in [0.2, 0.25) is 0 Å². The van der Waals surface area contributed by atoms with E-state index in [0.717, 1.165) is 17.3 Å². The van der Waals surface area contributed by atoms with Gasteiger partial charge in [-0.25, -0.2) is 0 Å². The molecule has 17 heavy (non-hydrogen) atoms. The smallest absolute Gasteiger partial charge is 0.0648 e. The van der Waals surface area contributed by atoms with Crippen molar-refractivity contribution in [2.75, 3.05) is 7.05 Å². The van der Waals surface area contributed by atoms with E-state index >= 15 is 0 Å². The Bertz CT molecular complexity index is 370. The second kappa shape index (κ2) is 5.58. The maximum atomic E-state index is 4.23. The molecule has 0 aliphatic heterocycles. The molecule has 1 aromatic rings. The Morgan fingerprint density at radius 1 is 1.29 bits per heavy atom. The molecule has 1 atom stereocenters. The fourth-order valence-corrected chi connectivity index (χ4v) is 2.90. The van der Waals surface area contributed by atoms with E-state index in [0.29, 0.717) is 6.04 Å². The molecular formula is C14H23N3. The summed E-state index contributed by atoms with van der Waals surface area (Å²) in [5, 5.41) is 11.8. The molecule has 0 spiro atoms. The molecule has 0 saturated heterocycles. The van der Waals surface area contributed by atoms with Crippen molar-refractivity contribution < 1.29 is 0 Å². The Morgan fingerprint density at radius 3 is 2.65 bits per heavy atom. The highest BCUT2D eigenvalue weighted by atomic mass is 15.1. The molecule has 3 heteroatoms. The largest absolute Gasteiger partial charge is 0.313 e. The van der Waals surface area contributed by atoms with Gasteiger partial charge in [-0.05, 0) is 44.9 Å². The van der Waals surface area contributed by atoms with Crippen molar-refractivity contribution >= 4 is 0 Å². The van der Waals surface area contributed by atoms with Gasteiger partial charge in [-0.1, -0.05) is 25.7 Å². The van der Waals surface area contributed by atoms with Gasteiger partial charge in [0.2, 0.25) is 0 Å². The monoisotopic (exact) mass is 233 g/mol. The number of hydrogen-bond donors (Lipinski definition) is 1. The first-order valence-electron chi connectivity index (χ1n) is 6.68. The number of rotatable bonds is 4. The van der Waals surface area contributed by atoms with Gasteiger partial charge in [-0.2, -0.15) is 10.2 Å². The molecule has 0 amide bonds. The summed E-state index contributed by atoms with van der Waals surface area (Å²) >= 11 is 0. The number of aromatic nitrogens is 2. The molecule has 0 aromatic carbocycles. The van der Waals surface area contributed by atoms with Crippen LogP contribution in [0, 0.1) is 19.8 Å². The molecule has 0 radical (unpaired) electrons. The fourth-order valence-electron chi connectivity index (χ4n) is 2.90. The molecule has 94 valence electrons. The number of hydrogen-bond acceptors (Lipinski definition) is 3. The second-order valence-electron chi connectivity index (χ2n) is 5.25. The summed E-state index contributed by atoms with van der Waals surface area (Å²) in [5.74, 6) is 0.889. The highest BCUT2D eigenvalue weighted by Crippen LogP contribution is 2.33. The zero-order valence-electron chi connectivity index (χ0n) is 11.2. The molecule has 1 saturated carbocycles. The normalized spacial score (nSPS) is 18.5. The van der Waals surface area contributed by atoms with Gasteiger partial charge >= 0.3 is 0 Å². The standard InChI is InChI=1S/C14H23N3/c1-10-8-13(11(2)17-16-10)14(15-3)9-12-6-4-5-7-12/h8,12,14-15H,4-7,9H2,1-3H3. The third kappa shape index (κ3) is 3.03. The molecule has 1 aromatic heterocycles. The summed E-state index contributed by atoms with van der Waals surface area (Å²) in [6.07, 6.45) is 6.85. The van der Waals surface area contributed by atoms with Crippen LogP contribution in [-0.2, 0) is 0 Å². The van der Waals surface area contributed by atoms with Gasteiger partial charge in [0.15, 0.2) is 0 Å². The van der Waals surface area contributed by atoms with Crippen LogP contribution in [0.5, 0.6) is 0 Å². The first kappa shape index (κ1) is 12.5. The highest BCUT2D eigenvalue weighted by molar-refractivity contribution is 5.23. The minimum absolute atomic E-state index is 0.437. The van der Waals surface area contributed by atoms with E-state index in [1.54, 1.807) is 0 Å². The van der Waals surface area contributed by atoms with Gasteiger partial charge in [-0.15, -0.1) is 0 Å². The van der Waals surface area contributed by atoms with Crippen LogP contribution in [0.4, 0.5) is 0 Å². The van der Waals surface area contributed by atoms with E-state index in [2.05, 4.69) is 35.6 Å². The predicted molar refractivity (Wildman–Crippen MR) is 69.9 cm³/mol. The molecule has 3 nitrogen and oxygen atoms in total. The molecule has 1 aliphatic carbocycles. The minimum Gasteiger partial charge on any atom is -0.313 e. The summed E-state index contributed by atoms with van der Waals surface area (Å²) in [6.45, 7) is 4.07. The lowest BCUT2D eigenvalue weighted by molar-refractivity contribution is 0.411. The van der Waals surface area contributed by atoms with Gasteiger partial charge < -0.3 is 5.32 Å². The van der Waals surface area contributed by atoms with Crippen LogP contribution in [0.15, 0.2) is 6.07 Å². The highest BCUT2D eigenvalue weighted by Gasteiger charge is 2.21. The zero-order valence-corrected chi connectivity index (χ0v) is 11.2. The van der Waals surface area contributed by atoms with E-state index in [1.807, 2.05) is 6.92 Å². The third-order valence-electron chi connectivity index (χ3n) is 3.91. The summed E-state index contributed by atoms with van der Waals surface area (Å²) in [4.78, 5) is 0. The molecule has 0 bridgehead atoms. The maximum Gasteiger partial charge on any atom is 0.0648 e. The Kier molecular flexibility index (Phi) is 4.11. The quantitative estimate of drug-likeness (QED) is 0.869. The average Bonchev–Trinajstić information content (AvgIpc) is 2.82. The number of aryl methyl sites for hydroxylation is 2. The number of nitrogens with one attached hydrogen (secondary N) is 1. The van der Waals surface area contributed by atoms with E-state index in [1.165, 1.54) is 37.7 Å². The average molecular weight is 233 g/mol. The molecule has 2 rings (SSSR count). The zero-order chi connectivity index (χ0) is 12.3. The van der Waals surface area contributed by atoms with Crippen molar-refractivity contribution in [2.24, 2.45) is 5.92 Å². The van der Waals surface area contributed by atoms with Gasteiger partial charge in [0.25, 0.3) is 0 Å². The molecule has 1 fully saturated rings. The molecule has 1 heterocycles. The Labute approximate surface area is 104 Å². The lowest BCUT2D eigenvalue weighted by atomic mass is 9.93. The molecule has 1 unspecified atom stereocenters. The van der Waals surface area contributed by atoms with Crippen molar-refractivity contribution in [1.82, 2.24) is 15.5 Å². The van der Waals surface area contributed by atoms with Gasteiger partial charge in [-0.3, -0.25) is 0 Å². The van der Waals surface area contributed by atoms with Crippen molar-refractivity contribution in [3.63, 3.8) is 0 Å². The van der Waals surface area contributed by atoms with Crippen LogP contribution in [0.3, 0.4) is 0 Å². The van der Waals surface area contributed by atoms with Crippen LogP contribution in [0.25, 0.3) is 0 Å². The summed E-state index contributed by atoms with van der Waals surface area (Å²) < 4.78 is 0. The van der Waals surface area contributed by atoms with Crippen molar-refractivity contribution in [3.05, 3.63) is 23.0 Å². The summed E-state index contributed by atoms with van der Waals surface area (Å²) in [5.41, 5.74) is 3.40. The minimum atomic E-state index is 0.437. The topological polar surface area (TPSA) is 37.8 Å². The van der Waals surface area contributed by atoms with Gasteiger partial charge in [0.1, 0.15) is 0 Å². The fraction of sp³-hybridized carbons (Fsp3) is 0.714. The van der Waals surface area contributed by atoms with Crippen LogP contribution < -0.4 is 5.32 Å². The summed E-state index contributed by atoms with van der Waals surface area (Å²) in [7, 11) is 2.05. The molecule has 1 aliphatic rings. The Balaban J connectivity index is 2.13. The van der Waals surface area contributed by atoms with Crippen molar-refractivity contribution in [1.29, 1.82) is 0 Å². The predicted octanol–water partition coefficient (Wildman–Crippen LogP) is 2.93. The van der Waals surface area contributed by atoms with Crippen LogP contribution in [0.1, 0.15) is 55.1 Å². The van der Waals surface area contributed by atoms with E-state index in [-0.39, 0.29) is 0 Å². The lowest BCUT2D eigenvalue weighted by Crippen LogP contribution is -2.21. The lowest BCUT2D eigenvalue weighted by Gasteiger charge is -2.21. The third-order valence-corrected chi connectivity index (χ3v) is 3.91. The molecule has 1 N–H and O–H groups in total. The van der Waals surface area contributed by atoms with E-state index in [9.17, 15) is 0 Å². The van der Waals surface area contributed by atoms with Crippen LogP contribution >= 0.6 is 0 Å². The second-order valence-corrected chi connectivity index (χ2v) is 5.25. The first-order valence-corrected chi connectivity index (χ1v) is 6.68. The van der Waals surface area contributed by atoms with E-state index < -0.39 is 0 Å². The summed E-state index contributed by atoms with van der Waals surface area (Å²) in [6, 6.07) is 2.62. The van der Waals surface area contributed by atoms with Crippen LogP contribution in [-0.4, -0.2) is 17.2 Å². The van der Waals surface area contributed by atoms with E-state index in [4.69, 9.17) is 0 Å². The Hall–Kier alpha value is -0.960. The van der Waals surface area contributed by atoms with Gasteiger partial charge in [0, 0.05) is 6.04 Å². The first-order chi connectivity index (χ1) is 8.20. The SMILES string of the molecule is CNC(CC1CCCC1)c1cc(C)nnc1C. The Morgan fingerprint density at radius 2 is 2.00 bits per heavy atom. The molecular weight excluding hydrogens is 210 g/mol.